The van der Waals surface area contributed by atoms with Gasteiger partial charge in [-0.25, -0.2) is 0 Å². The summed E-state index contributed by atoms with van der Waals surface area (Å²) in [6, 6.07) is 0.251. The Hall–Kier alpha value is -1.33. The van der Waals surface area contributed by atoms with Gasteiger partial charge in [-0.1, -0.05) is 11.6 Å². The number of rotatable bonds is 4. The van der Waals surface area contributed by atoms with E-state index in [1.807, 2.05) is 29.7 Å². The van der Waals surface area contributed by atoms with Crippen molar-refractivity contribution in [2.24, 2.45) is 7.05 Å². The molecular weight excluding hydrogens is 262 g/mol. The average Bonchev–Trinajstić information content (AvgIpc) is 2.89. The highest BCUT2D eigenvalue weighted by Crippen LogP contribution is 2.31. The molecule has 2 heterocycles. The predicted octanol–water partition coefficient (Wildman–Crippen LogP) is 2.47. The zero-order chi connectivity index (χ0) is 14.2. The molecule has 19 heavy (non-hydrogen) atoms. The fourth-order valence-corrected chi connectivity index (χ4v) is 2.51. The van der Waals surface area contributed by atoms with E-state index in [0.717, 1.165) is 17.0 Å². The van der Waals surface area contributed by atoms with E-state index in [1.165, 1.54) is 0 Å². The minimum atomic E-state index is -0.00824. The SMILES string of the molecule is CNC(c1cnn(C)c1C)c1c(Cl)cnn1C(C)C. The van der Waals surface area contributed by atoms with E-state index in [2.05, 4.69) is 36.3 Å². The van der Waals surface area contributed by atoms with E-state index in [1.54, 1.807) is 6.20 Å². The minimum absolute atomic E-state index is 0.00824. The lowest BCUT2D eigenvalue weighted by Crippen LogP contribution is -2.23. The minimum Gasteiger partial charge on any atom is -0.308 e. The van der Waals surface area contributed by atoms with Crippen LogP contribution >= 0.6 is 11.6 Å². The maximum absolute atomic E-state index is 6.32. The first-order chi connectivity index (χ1) is 8.97. The van der Waals surface area contributed by atoms with Gasteiger partial charge in [0.15, 0.2) is 0 Å². The molecule has 2 aromatic rings. The quantitative estimate of drug-likeness (QED) is 0.936. The lowest BCUT2D eigenvalue weighted by Gasteiger charge is -2.20. The molecule has 6 heteroatoms. The van der Waals surface area contributed by atoms with Gasteiger partial charge in [-0.05, 0) is 27.8 Å². The first-order valence-corrected chi connectivity index (χ1v) is 6.73. The van der Waals surface area contributed by atoms with Gasteiger partial charge >= 0.3 is 0 Å². The van der Waals surface area contributed by atoms with Crippen LogP contribution in [0.1, 0.15) is 42.9 Å². The second-order valence-corrected chi connectivity index (χ2v) is 5.35. The Labute approximate surface area is 118 Å². The van der Waals surface area contributed by atoms with Gasteiger partial charge in [0.1, 0.15) is 0 Å². The highest BCUT2D eigenvalue weighted by Gasteiger charge is 2.24. The normalized spacial score (nSPS) is 13.2. The molecule has 2 rings (SSSR count). The molecule has 5 nitrogen and oxygen atoms in total. The number of hydrogen-bond acceptors (Lipinski definition) is 3. The van der Waals surface area contributed by atoms with E-state index >= 15 is 0 Å². The molecule has 1 atom stereocenters. The van der Waals surface area contributed by atoms with Crippen LogP contribution in [-0.4, -0.2) is 26.6 Å². The molecule has 0 aliphatic rings. The van der Waals surface area contributed by atoms with Crippen LogP contribution in [0.15, 0.2) is 12.4 Å². The van der Waals surface area contributed by atoms with Crippen LogP contribution in [0.3, 0.4) is 0 Å². The lowest BCUT2D eigenvalue weighted by molar-refractivity contribution is 0.483. The Balaban J connectivity index is 2.54. The van der Waals surface area contributed by atoms with E-state index < -0.39 is 0 Å². The molecule has 0 saturated heterocycles. The van der Waals surface area contributed by atoms with Crippen LogP contribution in [0, 0.1) is 6.92 Å². The van der Waals surface area contributed by atoms with Crippen LogP contribution in [0.2, 0.25) is 5.02 Å². The van der Waals surface area contributed by atoms with E-state index in [9.17, 15) is 0 Å². The Morgan fingerprint density at radius 3 is 2.42 bits per heavy atom. The van der Waals surface area contributed by atoms with Crippen molar-refractivity contribution < 1.29 is 0 Å². The Kier molecular flexibility index (Phi) is 3.96. The van der Waals surface area contributed by atoms with Crippen LogP contribution in [0.25, 0.3) is 0 Å². The van der Waals surface area contributed by atoms with Gasteiger partial charge in [0.05, 0.1) is 29.2 Å². The first-order valence-electron chi connectivity index (χ1n) is 6.36. The molecule has 2 aromatic heterocycles. The third-order valence-corrected chi connectivity index (χ3v) is 3.71. The molecule has 0 amide bonds. The van der Waals surface area contributed by atoms with Crippen LogP contribution in [0.4, 0.5) is 0 Å². The third kappa shape index (κ3) is 2.40. The van der Waals surface area contributed by atoms with Gasteiger partial charge in [0.25, 0.3) is 0 Å². The molecule has 0 radical (unpaired) electrons. The van der Waals surface area contributed by atoms with E-state index in [-0.39, 0.29) is 12.1 Å². The topological polar surface area (TPSA) is 47.7 Å². The molecule has 0 fully saturated rings. The fourth-order valence-electron chi connectivity index (χ4n) is 2.27. The predicted molar refractivity (Wildman–Crippen MR) is 76.5 cm³/mol. The molecule has 0 saturated carbocycles. The Morgan fingerprint density at radius 2 is 1.95 bits per heavy atom. The zero-order valence-corrected chi connectivity index (χ0v) is 12.7. The Morgan fingerprint density at radius 1 is 1.26 bits per heavy atom. The third-order valence-electron chi connectivity index (χ3n) is 3.42. The molecule has 0 aliphatic carbocycles. The second-order valence-electron chi connectivity index (χ2n) is 4.95. The molecular formula is C13H20ClN5. The standard InChI is InChI=1S/C13H20ClN5/c1-8(2)19-13(11(14)7-17-19)12(15-4)10-6-16-18(5)9(10)3/h6-8,12,15H,1-5H3. The van der Waals surface area contributed by atoms with Gasteiger partial charge < -0.3 is 5.32 Å². The molecule has 0 spiro atoms. The van der Waals surface area contributed by atoms with Crippen LogP contribution in [-0.2, 0) is 7.05 Å². The van der Waals surface area contributed by atoms with Crippen LogP contribution in [0.5, 0.6) is 0 Å². The average molecular weight is 282 g/mol. The van der Waals surface area contributed by atoms with Crippen molar-refractivity contribution in [2.45, 2.75) is 32.9 Å². The summed E-state index contributed by atoms with van der Waals surface area (Å²) in [5.41, 5.74) is 3.22. The highest BCUT2D eigenvalue weighted by atomic mass is 35.5. The van der Waals surface area contributed by atoms with Gasteiger partial charge in [0.2, 0.25) is 0 Å². The number of hydrogen-bond donors (Lipinski definition) is 1. The summed E-state index contributed by atoms with van der Waals surface area (Å²) in [5.74, 6) is 0. The summed E-state index contributed by atoms with van der Waals surface area (Å²) in [6.45, 7) is 6.24. The van der Waals surface area contributed by atoms with Crippen LogP contribution < -0.4 is 5.32 Å². The van der Waals surface area contributed by atoms with Crippen molar-refractivity contribution in [3.8, 4) is 0 Å². The lowest BCUT2D eigenvalue weighted by atomic mass is 10.0. The Bertz CT molecular complexity index is 570. The largest absolute Gasteiger partial charge is 0.308 e. The summed E-state index contributed by atoms with van der Waals surface area (Å²) in [6.07, 6.45) is 3.58. The number of aromatic nitrogens is 4. The molecule has 0 aromatic carbocycles. The number of aryl methyl sites for hydroxylation is 1. The van der Waals surface area contributed by atoms with Gasteiger partial charge in [-0.3, -0.25) is 9.36 Å². The molecule has 0 bridgehead atoms. The van der Waals surface area contributed by atoms with E-state index in [0.29, 0.717) is 5.02 Å². The number of nitrogens with zero attached hydrogens (tertiary/aromatic N) is 4. The van der Waals surface area contributed by atoms with Gasteiger partial charge in [-0.15, -0.1) is 0 Å². The van der Waals surface area contributed by atoms with Crippen molar-refractivity contribution in [1.82, 2.24) is 24.9 Å². The smallest absolute Gasteiger partial charge is 0.0837 e. The van der Waals surface area contributed by atoms with Crippen molar-refractivity contribution in [1.29, 1.82) is 0 Å². The van der Waals surface area contributed by atoms with Gasteiger partial charge in [0, 0.05) is 24.3 Å². The maximum atomic E-state index is 6.32. The van der Waals surface area contributed by atoms with Crippen molar-refractivity contribution in [3.05, 3.63) is 34.4 Å². The summed E-state index contributed by atoms with van der Waals surface area (Å²) in [7, 11) is 3.86. The molecule has 1 N–H and O–H groups in total. The second kappa shape index (κ2) is 5.35. The molecule has 1 unspecified atom stereocenters. The summed E-state index contributed by atoms with van der Waals surface area (Å²) < 4.78 is 3.82. The molecule has 104 valence electrons. The first kappa shape index (κ1) is 14.1. The maximum Gasteiger partial charge on any atom is 0.0837 e. The van der Waals surface area contributed by atoms with Crippen molar-refractivity contribution in [2.75, 3.05) is 7.05 Å². The van der Waals surface area contributed by atoms with Crippen molar-refractivity contribution in [3.63, 3.8) is 0 Å². The fraction of sp³-hybridized carbons (Fsp3) is 0.538. The summed E-state index contributed by atoms with van der Waals surface area (Å²) in [4.78, 5) is 0. The highest BCUT2D eigenvalue weighted by molar-refractivity contribution is 6.31. The summed E-state index contributed by atoms with van der Waals surface area (Å²) >= 11 is 6.32. The van der Waals surface area contributed by atoms with E-state index in [4.69, 9.17) is 11.6 Å². The van der Waals surface area contributed by atoms with Gasteiger partial charge in [-0.2, -0.15) is 10.2 Å². The molecule has 0 aliphatic heterocycles. The van der Waals surface area contributed by atoms with Crippen molar-refractivity contribution >= 4 is 11.6 Å². The monoisotopic (exact) mass is 281 g/mol. The number of halogens is 1. The number of nitrogens with one attached hydrogen (secondary N) is 1. The summed E-state index contributed by atoms with van der Waals surface area (Å²) in [5, 5.41) is 12.7. The zero-order valence-electron chi connectivity index (χ0n) is 12.0.